The van der Waals surface area contributed by atoms with Crippen molar-refractivity contribution >= 4 is 5.97 Å². The van der Waals surface area contributed by atoms with Crippen LogP contribution in [0.15, 0.2) is 24.3 Å². The third-order valence-electron chi connectivity index (χ3n) is 3.22. The fourth-order valence-electron chi connectivity index (χ4n) is 2.33. The van der Waals surface area contributed by atoms with Gasteiger partial charge in [0.15, 0.2) is 0 Å². The maximum absolute atomic E-state index is 10.9. The maximum atomic E-state index is 10.9. The van der Waals surface area contributed by atoms with Crippen LogP contribution in [0.5, 0.6) is 0 Å². The lowest BCUT2D eigenvalue weighted by Crippen LogP contribution is -2.42. The van der Waals surface area contributed by atoms with Gasteiger partial charge in [0.1, 0.15) is 6.04 Å². The number of carboxylic acid groups (broad SMARTS) is 1. The molecular formula is C13H17NO2. The van der Waals surface area contributed by atoms with E-state index in [0.29, 0.717) is 12.3 Å². The van der Waals surface area contributed by atoms with E-state index in [2.05, 4.69) is 30.4 Å². The second-order valence-electron chi connectivity index (χ2n) is 4.48. The summed E-state index contributed by atoms with van der Waals surface area (Å²) >= 11 is 0. The number of aliphatic carboxylic acids is 1. The van der Waals surface area contributed by atoms with Crippen LogP contribution in [0, 0.1) is 6.92 Å². The number of aryl methyl sites for hydroxylation is 1. The van der Waals surface area contributed by atoms with Gasteiger partial charge in [-0.05, 0) is 37.8 Å². The van der Waals surface area contributed by atoms with Crippen molar-refractivity contribution in [2.75, 3.05) is 6.54 Å². The fraction of sp³-hybridized carbons (Fsp3) is 0.462. The highest BCUT2D eigenvalue weighted by atomic mass is 16.4. The van der Waals surface area contributed by atoms with Crippen LogP contribution in [0.25, 0.3) is 0 Å². The van der Waals surface area contributed by atoms with Gasteiger partial charge in [-0.2, -0.15) is 0 Å². The molecule has 2 atom stereocenters. The maximum Gasteiger partial charge on any atom is 0.320 e. The van der Waals surface area contributed by atoms with Crippen LogP contribution in [0.3, 0.4) is 0 Å². The second kappa shape index (κ2) is 4.66. The summed E-state index contributed by atoms with van der Waals surface area (Å²) in [7, 11) is 0. The first-order valence-corrected chi connectivity index (χ1v) is 5.69. The predicted octanol–water partition coefficient (Wildman–Crippen LogP) is 1.92. The van der Waals surface area contributed by atoms with Gasteiger partial charge in [-0.3, -0.25) is 4.79 Å². The predicted molar refractivity (Wildman–Crippen MR) is 62.6 cm³/mol. The molecular weight excluding hydrogens is 202 g/mol. The zero-order chi connectivity index (χ0) is 11.5. The van der Waals surface area contributed by atoms with Gasteiger partial charge < -0.3 is 10.4 Å². The average molecular weight is 219 g/mol. The number of hydrogen-bond donors (Lipinski definition) is 2. The van der Waals surface area contributed by atoms with Crippen molar-refractivity contribution in [3.63, 3.8) is 0 Å². The van der Waals surface area contributed by atoms with Crippen molar-refractivity contribution < 1.29 is 9.90 Å². The van der Waals surface area contributed by atoms with Crippen LogP contribution < -0.4 is 5.32 Å². The van der Waals surface area contributed by atoms with E-state index in [9.17, 15) is 4.79 Å². The Bertz CT molecular complexity index is 389. The van der Waals surface area contributed by atoms with Crippen molar-refractivity contribution in [3.05, 3.63) is 35.4 Å². The van der Waals surface area contributed by atoms with E-state index in [1.165, 1.54) is 11.1 Å². The lowest BCUT2D eigenvalue weighted by Gasteiger charge is -2.28. The number of piperidine rings is 1. The lowest BCUT2D eigenvalue weighted by molar-refractivity contribution is -0.140. The smallest absolute Gasteiger partial charge is 0.320 e. The van der Waals surface area contributed by atoms with Crippen LogP contribution in [-0.2, 0) is 4.79 Å². The number of benzene rings is 1. The van der Waals surface area contributed by atoms with Crippen LogP contribution in [0.4, 0.5) is 0 Å². The molecule has 0 aromatic heterocycles. The van der Waals surface area contributed by atoms with Gasteiger partial charge in [-0.25, -0.2) is 0 Å². The highest BCUT2D eigenvalue weighted by molar-refractivity contribution is 5.73. The summed E-state index contributed by atoms with van der Waals surface area (Å²) in [5, 5.41) is 12.0. The number of nitrogens with one attached hydrogen (secondary N) is 1. The molecule has 1 aliphatic rings. The molecule has 2 N–H and O–H groups in total. The molecule has 2 unspecified atom stereocenters. The highest BCUT2D eigenvalue weighted by Crippen LogP contribution is 2.28. The van der Waals surface area contributed by atoms with Gasteiger partial charge >= 0.3 is 5.97 Å². The largest absolute Gasteiger partial charge is 0.480 e. The van der Waals surface area contributed by atoms with Crippen molar-refractivity contribution in [2.24, 2.45) is 0 Å². The Labute approximate surface area is 95.5 Å². The van der Waals surface area contributed by atoms with Crippen molar-refractivity contribution in [2.45, 2.75) is 31.7 Å². The summed E-state index contributed by atoms with van der Waals surface area (Å²) < 4.78 is 0. The van der Waals surface area contributed by atoms with E-state index >= 15 is 0 Å². The minimum Gasteiger partial charge on any atom is -0.480 e. The number of rotatable bonds is 2. The van der Waals surface area contributed by atoms with Crippen LogP contribution in [-0.4, -0.2) is 23.7 Å². The van der Waals surface area contributed by atoms with E-state index in [4.69, 9.17) is 5.11 Å². The molecule has 0 bridgehead atoms. The molecule has 0 aliphatic carbocycles. The zero-order valence-electron chi connectivity index (χ0n) is 9.44. The minimum absolute atomic E-state index is 0.377. The second-order valence-corrected chi connectivity index (χ2v) is 4.48. The number of carbonyl (C=O) groups is 1. The molecule has 2 rings (SSSR count). The van der Waals surface area contributed by atoms with Gasteiger partial charge in [-0.15, -0.1) is 0 Å². The number of hydrogen-bond acceptors (Lipinski definition) is 2. The lowest BCUT2D eigenvalue weighted by atomic mass is 9.86. The minimum atomic E-state index is -0.739. The Hall–Kier alpha value is -1.35. The fourth-order valence-corrected chi connectivity index (χ4v) is 2.33. The molecule has 1 heterocycles. The monoisotopic (exact) mass is 219 g/mol. The van der Waals surface area contributed by atoms with Gasteiger partial charge in [0.05, 0.1) is 0 Å². The molecule has 0 amide bonds. The van der Waals surface area contributed by atoms with Crippen LogP contribution >= 0.6 is 0 Å². The molecule has 1 saturated heterocycles. The molecule has 3 nitrogen and oxygen atoms in total. The Morgan fingerprint density at radius 1 is 1.50 bits per heavy atom. The van der Waals surface area contributed by atoms with Crippen LogP contribution in [0.2, 0.25) is 0 Å². The zero-order valence-corrected chi connectivity index (χ0v) is 9.44. The summed E-state index contributed by atoms with van der Waals surface area (Å²) in [6.07, 6.45) is 1.71. The third kappa shape index (κ3) is 2.42. The average Bonchev–Trinajstić information content (AvgIpc) is 2.29. The summed E-state index contributed by atoms with van der Waals surface area (Å²) in [6, 6.07) is 7.98. The van der Waals surface area contributed by atoms with Gasteiger partial charge in [0, 0.05) is 0 Å². The summed E-state index contributed by atoms with van der Waals surface area (Å²) in [5.74, 6) is -0.361. The standard InChI is InChI=1S/C13H17NO2/c1-9-3-2-4-10(7-9)11-5-6-14-12(8-11)13(15)16/h2-4,7,11-12,14H,5-6,8H2,1H3,(H,15,16). The molecule has 16 heavy (non-hydrogen) atoms. The molecule has 0 radical (unpaired) electrons. The molecule has 1 aromatic carbocycles. The van der Waals surface area contributed by atoms with E-state index < -0.39 is 5.97 Å². The van der Waals surface area contributed by atoms with E-state index in [1.807, 2.05) is 6.07 Å². The summed E-state index contributed by atoms with van der Waals surface area (Å²) in [6.45, 7) is 2.86. The molecule has 0 spiro atoms. The molecule has 1 fully saturated rings. The molecule has 0 saturated carbocycles. The number of carboxylic acids is 1. The Kier molecular flexibility index (Phi) is 3.25. The first-order valence-electron chi connectivity index (χ1n) is 5.69. The van der Waals surface area contributed by atoms with Crippen molar-refractivity contribution in [3.8, 4) is 0 Å². The van der Waals surface area contributed by atoms with Gasteiger partial charge in [0.25, 0.3) is 0 Å². The molecule has 86 valence electrons. The van der Waals surface area contributed by atoms with Gasteiger partial charge in [-0.1, -0.05) is 29.8 Å². The molecule has 1 aliphatic heterocycles. The SMILES string of the molecule is Cc1cccc(C2CCNC(C(=O)O)C2)c1. The quantitative estimate of drug-likeness (QED) is 0.799. The van der Waals surface area contributed by atoms with Gasteiger partial charge in [0.2, 0.25) is 0 Å². The van der Waals surface area contributed by atoms with E-state index in [-0.39, 0.29) is 6.04 Å². The third-order valence-corrected chi connectivity index (χ3v) is 3.22. The normalized spacial score (nSPS) is 25.3. The molecule has 3 heteroatoms. The Morgan fingerprint density at radius 3 is 3.00 bits per heavy atom. The highest BCUT2D eigenvalue weighted by Gasteiger charge is 2.27. The Morgan fingerprint density at radius 2 is 2.31 bits per heavy atom. The molecule has 1 aromatic rings. The van der Waals surface area contributed by atoms with Crippen molar-refractivity contribution in [1.82, 2.24) is 5.32 Å². The van der Waals surface area contributed by atoms with Crippen LogP contribution in [0.1, 0.15) is 29.9 Å². The first kappa shape index (κ1) is 11.1. The Balaban J connectivity index is 2.12. The summed E-state index contributed by atoms with van der Waals surface area (Å²) in [5.41, 5.74) is 2.51. The van der Waals surface area contributed by atoms with E-state index in [1.54, 1.807) is 0 Å². The first-order chi connectivity index (χ1) is 7.66. The van der Waals surface area contributed by atoms with E-state index in [0.717, 1.165) is 13.0 Å². The topological polar surface area (TPSA) is 49.3 Å². The summed E-state index contributed by atoms with van der Waals surface area (Å²) in [4.78, 5) is 10.9. The van der Waals surface area contributed by atoms with Crippen molar-refractivity contribution in [1.29, 1.82) is 0 Å².